The molecular formula is C16H22N2S. The summed E-state index contributed by atoms with van der Waals surface area (Å²) in [5, 5.41) is 3.41. The van der Waals surface area contributed by atoms with Crippen molar-refractivity contribution in [2.45, 2.75) is 40.0 Å². The van der Waals surface area contributed by atoms with Gasteiger partial charge in [0.15, 0.2) is 0 Å². The molecule has 0 saturated carbocycles. The van der Waals surface area contributed by atoms with Gasteiger partial charge in [-0.15, -0.1) is 11.3 Å². The number of nitrogens with zero attached hydrogens (tertiary/aromatic N) is 1. The lowest BCUT2D eigenvalue weighted by molar-refractivity contribution is 0.742. The summed E-state index contributed by atoms with van der Waals surface area (Å²) < 4.78 is 0. The highest BCUT2D eigenvalue weighted by Gasteiger charge is 2.10. The molecule has 2 nitrogen and oxygen atoms in total. The van der Waals surface area contributed by atoms with Crippen molar-refractivity contribution in [3.05, 3.63) is 39.2 Å². The molecule has 19 heavy (non-hydrogen) atoms. The van der Waals surface area contributed by atoms with Crippen LogP contribution < -0.4 is 5.73 Å². The van der Waals surface area contributed by atoms with Gasteiger partial charge in [0.25, 0.3) is 0 Å². The van der Waals surface area contributed by atoms with E-state index in [1.165, 1.54) is 27.3 Å². The van der Waals surface area contributed by atoms with Crippen LogP contribution in [-0.4, -0.2) is 11.5 Å². The Balaban J connectivity index is 2.23. The quantitative estimate of drug-likeness (QED) is 0.836. The van der Waals surface area contributed by atoms with Crippen molar-refractivity contribution in [1.82, 2.24) is 4.98 Å². The maximum absolute atomic E-state index is 5.53. The number of nitrogens with two attached hydrogens (primary N) is 1. The Bertz CT molecular complexity index is 535. The number of hydrogen-bond donors (Lipinski definition) is 1. The summed E-state index contributed by atoms with van der Waals surface area (Å²) >= 11 is 1.76. The number of hydrogen-bond acceptors (Lipinski definition) is 3. The van der Waals surface area contributed by atoms with Crippen LogP contribution in [0.15, 0.2) is 17.5 Å². The summed E-state index contributed by atoms with van der Waals surface area (Å²) in [6, 6.07) is 4.46. The summed E-state index contributed by atoms with van der Waals surface area (Å²) in [5.74, 6) is 0. The zero-order chi connectivity index (χ0) is 13.8. The van der Waals surface area contributed by atoms with E-state index in [1.54, 1.807) is 11.3 Å². The highest BCUT2D eigenvalue weighted by Crippen LogP contribution is 2.29. The summed E-state index contributed by atoms with van der Waals surface area (Å²) in [4.78, 5) is 4.78. The normalized spacial score (nSPS) is 10.9. The fourth-order valence-corrected chi connectivity index (χ4v) is 3.38. The smallest absolute Gasteiger partial charge is 0.0932 e. The van der Waals surface area contributed by atoms with Crippen LogP contribution >= 0.6 is 11.3 Å². The van der Waals surface area contributed by atoms with E-state index in [9.17, 15) is 0 Å². The highest BCUT2D eigenvalue weighted by molar-refractivity contribution is 7.09. The van der Waals surface area contributed by atoms with E-state index < -0.39 is 0 Å². The first-order valence-electron chi connectivity index (χ1n) is 6.84. The molecule has 0 fully saturated rings. The molecule has 0 aliphatic heterocycles. The van der Waals surface area contributed by atoms with Crippen LogP contribution in [0.3, 0.4) is 0 Å². The Kier molecular flexibility index (Phi) is 4.72. The first kappa shape index (κ1) is 14.2. The molecule has 0 amide bonds. The van der Waals surface area contributed by atoms with Crippen molar-refractivity contribution in [2.75, 3.05) is 6.54 Å². The predicted octanol–water partition coefficient (Wildman–Crippen LogP) is 4.02. The van der Waals surface area contributed by atoms with E-state index in [0.29, 0.717) is 0 Å². The van der Waals surface area contributed by atoms with Crippen molar-refractivity contribution in [3.8, 4) is 11.3 Å². The van der Waals surface area contributed by atoms with Gasteiger partial charge in [-0.2, -0.15) is 0 Å². The highest BCUT2D eigenvalue weighted by atomic mass is 32.1. The molecule has 0 aliphatic rings. The molecule has 3 heteroatoms. The molecule has 0 unspecified atom stereocenters. The number of aryl methyl sites for hydroxylation is 4. The number of thiazole rings is 1. The van der Waals surface area contributed by atoms with Crippen LogP contribution in [-0.2, 0) is 6.42 Å². The maximum atomic E-state index is 5.53. The molecule has 0 atom stereocenters. The SMILES string of the molecule is Cc1cc(C)c(-c2csc(CCCCN)n2)c(C)c1. The van der Waals surface area contributed by atoms with Gasteiger partial charge in [0.1, 0.15) is 0 Å². The molecule has 1 heterocycles. The molecule has 0 aliphatic carbocycles. The van der Waals surface area contributed by atoms with Gasteiger partial charge >= 0.3 is 0 Å². The predicted molar refractivity (Wildman–Crippen MR) is 83.8 cm³/mol. The molecule has 0 radical (unpaired) electrons. The van der Waals surface area contributed by atoms with Crippen molar-refractivity contribution in [3.63, 3.8) is 0 Å². The number of benzene rings is 1. The average Bonchev–Trinajstić information content (AvgIpc) is 2.76. The molecule has 2 N–H and O–H groups in total. The number of rotatable bonds is 5. The molecule has 0 saturated heterocycles. The van der Waals surface area contributed by atoms with Crippen molar-refractivity contribution < 1.29 is 0 Å². The second-order valence-electron chi connectivity index (χ2n) is 5.15. The average molecular weight is 274 g/mol. The minimum absolute atomic E-state index is 0.772. The third-order valence-corrected chi connectivity index (χ3v) is 4.24. The molecule has 2 aromatic rings. The van der Waals surface area contributed by atoms with Crippen molar-refractivity contribution in [1.29, 1.82) is 0 Å². The lowest BCUT2D eigenvalue weighted by atomic mass is 9.98. The monoisotopic (exact) mass is 274 g/mol. The molecular weight excluding hydrogens is 252 g/mol. The summed E-state index contributed by atoms with van der Waals surface area (Å²) in [7, 11) is 0. The van der Waals surface area contributed by atoms with Crippen molar-refractivity contribution >= 4 is 11.3 Å². The van der Waals surface area contributed by atoms with E-state index in [4.69, 9.17) is 10.7 Å². The molecule has 0 bridgehead atoms. The van der Waals surface area contributed by atoms with E-state index in [2.05, 4.69) is 38.3 Å². The van der Waals surface area contributed by atoms with Gasteiger partial charge in [0.05, 0.1) is 10.7 Å². The molecule has 2 rings (SSSR count). The molecule has 1 aromatic carbocycles. The van der Waals surface area contributed by atoms with Gasteiger partial charge < -0.3 is 5.73 Å². The van der Waals surface area contributed by atoms with Crippen molar-refractivity contribution in [2.24, 2.45) is 5.73 Å². The lowest BCUT2D eigenvalue weighted by Crippen LogP contribution is -1.98. The Labute approximate surface area is 119 Å². The fraction of sp³-hybridized carbons (Fsp3) is 0.438. The van der Waals surface area contributed by atoms with Gasteiger partial charge in [0, 0.05) is 10.9 Å². The van der Waals surface area contributed by atoms with E-state index in [-0.39, 0.29) is 0 Å². The Morgan fingerprint density at radius 2 is 1.79 bits per heavy atom. The first-order valence-corrected chi connectivity index (χ1v) is 7.72. The van der Waals surface area contributed by atoms with Gasteiger partial charge in [-0.05, 0) is 57.7 Å². The second kappa shape index (κ2) is 6.31. The van der Waals surface area contributed by atoms with E-state index in [0.717, 1.165) is 31.5 Å². The topological polar surface area (TPSA) is 38.9 Å². The van der Waals surface area contributed by atoms with E-state index in [1.807, 2.05) is 0 Å². The Morgan fingerprint density at radius 1 is 1.11 bits per heavy atom. The standard InChI is InChI=1S/C16H22N2S/c1-11-8-12(2)16(13(3)9-11)14-10-19-15(18-14)6-4-5-7-17/h8-10H,4-7,17H2,1-3H3. The summed E-state index contributed by atoms with van der Waals surface area (Å²) in [6.07, 6.45) is 3.26. The maximum Gasteiger partial charge on any atom is 0.0932 e. The molecule has 1 aromatic heterocycles. The zero-order valence-corrected chi connectivity index (χ0v) is 12.8. The minimum Gasteiger partial charge on any atom is -0.330 e. The van der Waals surface area contributed by atoms with Crippen LogP contribution in [0.4, 0.5) is 0 Å². The Hall–Kier alpha value is -1.19. The zero-order valence-electron chi connectivity index (χ0n) is 12.0. The van der Waals surface area contributed by atoms with Gasteiger partial charge in [0.2, 0.25) is 0 Å². The Morgan fingerprint density at radius 3 is 2.42 bits per heavy atom. The van der Waals surface area contributed by atoms with E-state index >= 15 is 0 Å². The second-order valence-corrected chi connectivity index (χ2v) is 6.09. The van der Waals surface area contributed by atoms with Gasteiger partial charge in [-0.1, -0.05) is 17.7 Å². The fourth-order valence-electron chi connectivity index (χ4n) is 2.55. The molecule has 102 valence electrons. The number of aromatic nitrogens is 1. The third kappa shape index (κ3) is 3.43. The van der Waals surface area contributed by atoms with Crippen LogP contribution in [0.5, 0.6) is 0 Å². The van der Waals surface area contributed by atoms with Gasteiger partial charge in [-0.3, -0.25) is 0 Å². The molecule has 0 spiro atoms. The third-order valence-electron chi connectivity index (χ3n) is 3.33. The van der Waals surface area contributed by atoms with Crippen LogP contribution in [0.1, 0.15) is 34.5 Å². The van der Waals surface area contributed by atoms with Crippen LogP contribution in [0, 0.1) is 20.8 Å². The largest absolute Gasteiger partial charge is 0.330 e. The summed E-state index contributed by atoms with van der Waals surface area (Å²) in [5.41, 5.74) is 11.9. The summed E-state index contributed by atoms with van der Waals surface area (Å²) in [6.45, 7) is 7.25. The van der Waals surface area contributed by atoms with Gasteiger partial charge in [-0.25, -0.2) is 4.98 Å². The first-order chi connectivity index (χ1) is 9.11. The van der Waals surface area contributed by atoms with Crippen LogP contribution in [0.25, 0.3) is 11.3 Å². The number of unbranched alkanes of at least 4 members (excludes halogenated alkanes) is 1. The minimum atomic E-state index is 0.772. The lowest BCUT2D eigenvalue weighted by Gasteiger charge is -2.08. The van der Waals surface area contributed by atoms with Crippen LogP contribution in [0.2, 0.25) is 0 Å².